The summed E-state index contributed by atoms with van der Waals surface area (Å²) < 4.78 is 12.3. The van der Waals surface area contributed by atoms with E-state index in [4.69, 9.17) is 9.15 Å². The maximum Gasteiger partial charge on any atom is 0.312 e. The van der Waals surface area contributed by atoms with E-state index < -0.39 is 5.41 Å². The number of piperazine rings is 1. The SMILES string of the molecule is C[C@H]1[C@H](C)CC[C@]2(C(=O)OCCCN3CCN(Cc4nnc(-c5ccccc5)o4)CC3)CC[C@]3(C)C(=CC[C@@H]4[C@@]5(C)CC[C@H](O)C(C)(C)[C@@H]5CC[C@]43C)[C@H]12. The molecule has 2 heterocycles. The quantitative estimate of drug-likeness (QED) is 0.163. The number of carbonyl (C=O) groups excluding carboxylic acids is 1. The monoisotopic (exact) mass is 741 g/mol. The molecule has 0 unspecified atom stereocenters. The lowest BCUT2D eigenvalue weighted by Crippen LogP contribution is -2.65. The predicted octanol–water partition coefficient (Wildman–Crippen LogP) is 8.81. The number of aliphatic hydroxyl groups is 1. The first-order valence-corrected chi connectivity index (χ1v) is 21.6. The van der Waals surface area contributed by atoms with E-state index in [1.807, 2.05) is 30.3 Å². The molecule has 2 aromatic rings. The van der Waals surface area contributed by atoms with Crippen LogP contribution in [0.1, 0.15) is 119 Å². The van der Waals surface area contributed by atoms with Crippen LogP contribution in [-0.4, -0.2) is 76.5 Å². The van der Waals surface area contributed by atoms with Crippen LogP contribution in [0, 0.1) is 56.7 Å². The fourth-order valence-corrected chi connectivity index (χ4v) is 13.8. The summed E-state index contributed by atoms with van der Waals surface area (Å²) in [5.41, 5.74) is 2.61. The summed E-state index contributed by atoms with van der Waals surface area (Å²) in [6.07, 6.45) is 13.0. The third-order valence-electron chi connectivity index (χ3n) is 17.5. The predicted molar refractivity (Wildman–Crippen MR) is 212 cm³/mol. The lowest BCUT2D eigenvalue weighted by atomic mass is 9.33. The second-order valence-corrected chi connectivity index (χ2v) is 20.2. The maximum absolute atomic E-state index is 14.5. The third-order valence-corrected chi connectivity index (χ3v) is 17.5. The molecule has 5 fully saturated rings. The molecule has 4 saturated carbocycles. The number of benzene rings is 1. The van der Waals surface area contributed by atoms with Gasteiger partial charge in [-0.1, -0.05) is 78.3 Å². The molecule has 0 bridgehead atoms. The molecule has 0 radical (unpaired) electrons. The zero-order valence-corrected chi connectivity index (χ0v) is 34.4. The normalized spacial score (nSPS) is 40.8. The molecule has 8 nitrogen and oxygen atoms in total. The fourth-order valence-electron chi connectivity index (χ4n) is 13.8. The Hall–Kier alpha value is -2.55. The molecular weight excluding hydrogens is 673 g/mol. The Morgan fingerprint density at radius 1 is 0.889 bits per heavy atom. The van der Waals surface area contributed by atoms with Crippen molar-refractivity contribution in [2.24, 2.45) is 56.7 Å². The summed E-state index contributed by atoms with van der Waals surface area (Å²) in [6, 6.07) is 9.93. The molecule has 8 heteroatoms. The molecule has 1 aromatic carbocycles. The number of allylic oxidation sites excluding steroid dienone is 2. The summed E-state index contributed by atoms with van der Waals surface area (Å²) in [6.45, 7) is 23.4. The molecule has 6 aliphatic rings. The number of rotatable bonds is 8. The molecule has 5 aliphatic carbocycles. The molecule has 296 valence electrons. The van der Waals surface area contributed by atoms with Gasteiger partial charge in [-0.2, -0.15) is 0 Å². The number of aromatic nitrogens is 2. The van der Waals surface area contributed by atoms with Gasteiger partial charge in [0.25, 0.3) is 0 Å². The minimum Gasteiger partial charge on any atom is -0.465 e. The summed E-state index contributed by atoms with van der Waals surface area (Å²) in [5, 5.41) is 19.7. The van der Waals surface area contributed by atoms with Crippen LogP contribution in [0.5, 0.6) is 0 Å². The summed E-state index contributed by atoms with van der Waals surface area (Å²) in [5.74, 6) is 3.79. The highest BCUT2D eigenvalue weighted by Gasteiger charge is 2.69. The van der Waals surface area contributed by atoms with E-state index in [0.29, 0.717) is 48.6 Å². The Balaban J connectivity index is 0.896. The maximum atomic E-state index is 14.5. The average Bonchev–Trinajstić information content (AvgIpc) is 3.63. The topological polar surface area (TPSA) is 91.9 Å². The molecule has 0 amide bonds. The van der Waals surface area contributed by atoms with Crippen molar-refractivity contribution >= 4 is 5.97 Å². The van der Waals surface area contributed by atoms with Crippen molar-refractivity contribution in [2.75, 3.05) is 39.3 Å². The van der Waals surface area contributed by atoms with Crippen LogP contribution in [0.3, 0.4) is 0 Å². The zero-order chi connectivity index (χ0) is 38.1. The van der Waals surface area contributed by atoms with Gasteiger partial charge < -0.3 is 19.2 Å². The number of hydrogen-bond acceptors (Lipinski definition) is 8. The number of hydrogen-bond donors (Lipinski definition) is 1. The smallest absolute Gasteiger partial charge is 0.312 e. The van der Waals surface area contributed by atoms with Gasteiger partial charge in [0.15, 0.2) is 0 Å². The Morgan fingerprint density at radius 3 is 2.39 bits per heavy atom. The van der Waals surface area contributed by atoms with Gasteiger partial charge in [-0.25, -0.2) is 0 Å². The van der Waals surface area contributed by atoms with Gasteiger partial charge in [-0.05, 0) is 128 Å². The van der Waals surface area contributed by atoms with Crippen LogP contribution in [0.15, 0.2) is 46.4 Å². The van der Waals surface area contributed by atoms with Crippen molar-refractivity contribution in [1.29, 1.82) is 0 Å². The number of ether oxygens (including phenoxy) is 1. The minimum absolute atomic E-state index is 0.0455. The van der Waals surface area contributed by atoms with Gasteiger partial charge in [0.05, 0.1) is 24.7 Å². The summed E-state index contributed by atoms with van der Waals surface area (Å²) in [4.78, 5) is 19.4. The third kappa shape index (κ3) is 6.06. The van der Waals surface area contributed by atoms with Crippen molar-refractivity contribution < 1.29 is 19.1 Å². The lowest BCUT2D eigenvalue weighted by Gasteiger charge is -2.71. The van der Waals surface area contributed by atoms with Crippen molar-refractivity contribution in [3.63, 3.8) is 0 Å². The molecule has 1 saturated heterocycles. The van der Waals surface area contributed by atoms with Crippen molar-refractivity contribution in [1.82, 2.24) is 20.0 Å². The van der Waals surface area contributed by atoms with Crippen LogP contribution < -0.4 is 0 Å². The molecule has 1 N–H and O–H groups in total. The van der Waals surface area contributed by atoms with Gasteiger partial charge in [0.2, 0.25) is 11.8 Å². The van der Waals surface area contributed by atoms with Crippen LogP contribution in [0.4, 0.5) is 0 Å². The highest BCUT2D eigenvalue weighted by atomic mass is 16.5. The van der Waals surface area contributed by atoms with E-state index in [2.05, 4.69) is 74.5 Å². The van der Waals surface area contributed by atoms with Crippen molar-refractivity contribution in [2.45, 2.75) is 125 Å². The van der Waals surface area contributed by atoms with Gasteiger partial charge in [0, 0.05) is 38.3 Å². The second-order valence-electron chi connectivity index (χ2n) is 20.2. The molecule has 8 rings (SSSR count). The highest BCUT2D eigenvalue weighted by molar-refractivity contribution is 5.79. The van der Waals surface area contributed by atoms with E-state index in [1.54, 1.807) is 5.57 Å². The van der Waals surface area contributed by atoms with E-state index in [1.165, 1.54) is 12.8 Å². The molecule has 54 heavy (non-hydrogen) atoms. The van der Waals surface area contributed by atoms with E-state index in [-0.39, 0.29) is 39.7 Å². The van der Waals surface area contributed by atoms with Gasteiger partial charge in [-0.15, -0.1) is 10.2 Å². The highest BCUT2D eigenvalue weighted by Crippen LogP contribution is 2.75. The first-order chi connectivity index (χ1) is 25.7. The average molecular weight is 741 g/mol. The Morgan fingerprint density at radius 2 is 1.63 bits per heavy atom. The minimum atomic E-state index is -0.404. The first kappa shape index (κ1) is 38.3. The van der Waals surface area contributed by atoms with Gasteiger partial charge in [-0.3, -0.25) is 9.69 Å². The number of esters is 1. The molecule has 1 aliphatic heterocycles. The van der Waals surface area contributed by atoms with Gasteiger partial charge in [0.1, 0.15) is 0 Å². The molecule has 1 aromatic heterocycles. The van der Waals surface area contributed by atoms with Gasteiger partial charge >= 0.3 is 5.97 Å². The Labute approximate surface area is 324 Å². The van der Waals surface area contributed by atoms with Crippen molar-refractivity contribution in [3.8, 4) is 11.5 Å². The zero-order valence-electron chi connectivity index (χ0n) is 34.4. The Bertz CT molecular complexity index is 1700. The largest absolute Gasteiger partial charge is 0.465 e. The van der Waals surface area contributed by atoms with E-state index >= 15 is 0 Å². The number of nitrogens with zero attached hydrogens (tertiary/aromatic N) is 4. The summed E-state index contributed by atoms with van der Waals surface area (Å²) in [7, 11) is 0. The molecule has 0 spiro atoms. The number of carbonyl (C=O) groups is 1. The number of fused-ring (bicyclic) bond motifs is 7. The lowest BCUT2D eigenvalue weighted by molar-refractivity contribution is -0.207. The van der Waals surface area contributed by atoms with Crippen LogP contribution in [0.2, 0.25) is 0 Å². The van der Waals surface area contributed by atoms with Crippen LogP contribution in [0.25, 0.3) is 11.5 Å². The molecule has 10 atom stereocenters. The first-order valence-electron chi connectivity index (χ1n) is 21.6. The van der Waals surface area contributed by atoms with Crippen molar-refractivity contribution in [3.05, 3.63) is 47.9 Å². The number of aliphatic hydroxyl groups excluding tert-OH is 1. The standard InChI is InChI=1S/C46H68N4O4/c1-31-16-21-46(41(52)53-29-11-24-49-25-27-50(28-26-49)30-38-47-48-40(54-38)33-12-9-8-10-13-33)23-22-44(6)34(39(46)32(31)2)14-15-36-43(5)19-18-37(51)42(3,4)35(43)17-20-45(36,44)7/h8-10,12-14,31-32,35-37,39,51H,11,15-30H2,1-7H3/t31-,32+,35+,36-,37+,39+,43+,44-,45-,46+/m1/s1. The summed E-state index contributed by atoms with van der Waals surface area (Å²) >= 11 is 0. The fraction of sp³-hybridized carbons (Fsp3) is 0.761. The Kier molecular flexibility index (Phi) is 10.0. The van der Waals surface area contributed by atoms with Crippen LogP contribution in [-0.2, 0) is 16.1 Å². The second kappa shape index (κ2) is 14.1. The van der Waals surface area contributed by atoms with E-state index in [0.717, 1.165) is 89.7 Å². The van der Waals surface area contributed by atoms with Crippen LogP contribution >= 0.6 is 0 Å². The van der Waals surface area contributed by atoms with E-state index in [9.17, 15) is 9.90 Å². The molecular formula is C46H68N4O4.